The molecular formula is C9H9FN2O2S. The second kappa shape index (κ2) is 5.45. The van der Waals surface area contributed by atoms with Gasteiger partial charge in [0.05, 0.1) is 29.1 Å². The lowest BCUT2D eigenvalue weighted by molar-refractivity contribution is -0.387. The van der Waals surface area contributed by atoms with Gasteiger partial charge in [-0.2, -0.15) is 0 Å². The third kappa shape index (κ3) is 2.53. The number of fused-ring (bicyclic) bond motifs is 1. The quantitative estimate of drug-likeness (QED) is 0.548. The van der Waals surface area contributed by atoms with Gasteiger partial charge in [-0.1, -0.05) is 23.9 Å². The predicted molar refractivity (Wildman–Crippen MR) is 58.2 cm³/mol. The lowest BCUT2D eigenvalue weighted by atomic mass is 10.2. The zero-order chi connectivity index (χ0) is 11.3. The van der Waals surface area contributed by atoms with Crippen molar-refractivity contribution in [3.8, 4) is 0 Å². The highest BCUT2D eigenvalue weighted by Gasteiger charge is 2.18. The molecular weight excluding hydrogens is 219 g/mol. The zero-order valence-electron chi connectivity index (χ0n) is 8.01. The van der Waals surface area contributed by atoms with Crippen LogP contribution in [0.1, 0.15) is 5.56 Å². The van der Waals surface area contributed by atoms with Crippen molar-refractivity contribution < 1.29 is 9.31 Å². The van der Waals surface area contributed by atoms with Gasteiger partial charge in [0.2, 0.25) is 0 Å². The van der Waals surface area contributed by atoms with Crippen LogP contribution >= 0.6 is 11.8 Å². The van der Waals surface area contributed by atoms with Crippen LogP contribution in [-0.2, 0) is 6.54 Å². The molecule has 0 aliphatic carbocycles. The number of hydrogen-bond donors (Lipinski definition) is 0. The number of nitro benzene ring substituents is 1. The molecule has 80 valence electrons. The summed E-state index contributed by atoms with van der Waals surface area (Å²) in [5, 5.41) is 10.6. The van der Waals surface area contributed by atoms with Crippen molar-refractivity contribution in [2.24, 2.45) is 4.99 Å². The van der Waals surface area contributed by atoms with Crippen molar-refractivity contribution in [3.05, 3.63) is 33.9 Å². The molecule has 0 aromatic heterocycles. The van der Waals surface area contributed by atoms with Crippen molar-refractivity contribution in [1.82, 2.24) is 0 Å². The number of hydrogen-bond acceptors (Lipinski definition) is 4. The van der Waals surface area contributed by atoms with Crippen molar-refractivity contribution >= 4 is 23.0 Å². The first-order chi connectivity index (χ1) is 7.29. The summed E-state index contributed by atoms with van der Waals surface area (Å²) >= 11 is 1.31. The lowest BCUT2D eigenvalue weighted by Gasteiger charge is -2.08. The van der Waals surface area contributed by atoms with Crippen LogP contribution in [0.2, 0.25) is 0 Å². The number of halogens is 1. The van der Waals surface area contributed by atoms with Crippen LogP contribution in [0.4, 0.5) is 10.1 Å². The fourth-order valence-corrected chi connectivity index (χ4v) is 2.00. The Hall–Kier alpha value is -1.43. The Morgan fingerprint density at radius 3 is 2.93 bits per heavy atom. The highest BCUT2D eigenvalue weighted by Crippen LogP contribution is 2.33. The van der Waals surface area contributed by atoms with E-state index in [0.29, 0.717) is 13.7 Å². The zero-order valence-corrected chi connectivity index (χ0v) is 8.83. The molecule has 1 aliphatic rings. The van der Waals surface area contributed by atoms with E-state index in [1.54, 1.807) is 11.6 Å². The Balaban J connectivity index is 0.000000531. The Kier molecular flexibility index (Phi) is 4.23. The molecule has 0 unspecified atom stereocenters. The van der Waals surface area contributed by atoms with Gasteiger partial charge < -0.3 is 0 Å². The second-order valence-electron chi connectivity index (χ2n) is 2.59. The molecule has 1 aromatic rings. The standard InChI is InChI=1S/C8H6N2O2S.CH3F/c11-10(12)7-3-1-2-6-4-9-5-13-8(6)7;1-2/h1-3,5H,4H2;1H3. The van der Waals surface area contributed by atoms with E-state index in [9.17, 15) is 14.5 Å². The molecule has 1 heterocycles. The van der Waals surface area contributed by atoms with Crippen LogP contribution in [-0.4, -0.2) is 17.6 Å². The van der Waals surface area contributed by atoms with E-state index in [4.69, 9.17) is 0 Å². The van der Waals surface area contributed by atoms with Crippen molar-refractivity contribution in [3.63, 3.8) is 0 Å². The predicted octanol–water partition coefficient (Wildman–Crippen LogP) is 2.81. The number of aliphatic imine (C=N–C) groups is 1. The number of rotatable bonds is 1. The summed E-state index contributed by atoms with van der Waals surface area (Å²) in [6, 6.07) is 5.08. The van der Waals surface area contributed by atoms with Gasteiger partial charge in [0, 0.05) is 6.07 Å². The van der Waals surface area contributed by atoms with E-state index in [1.165, 1.54) is 17.8 Å². The molecule has 0 atom stereocenters. The first-order valence-corrected chi connectivity index (χ1v) is 4.96. The molecule has 0 saturated carbocycles. The monoisotopic (exact) mass is 228 g/mol. The van der Waals surface area contributed by atoms with E-state index < -0.39 is 0 Å². The Bertz CT molecular complexity index is 396. The normalized spacial score (nSPS) is 12.4. The minimum atomic E-state index is -0.356. The van der Waals surface area contributed by atoms with Crippen LogP contribution in [0.15, 0.2) is 28.1 Å². The van der Waals surface area contributed by atoms with E-state index >= 15 is 0 Å². The number of benzene rings is 1. The van der Waals surface area contributed by atoms with Crippen molar-refractivity contribution in [1.29, 1.82) is 0 Å². The van der Waals surface area contributed by atoms with E-state index in [0.717, 1.165) is 10.5 Å². The maximum absolute atomic E-state index is 10.6. The second-order valence-corrected chi connectivity index (χ2v) is 3.44. The van der Waals surface area contributed by atoms with Gasteiger partial charge in [-0.05, 0) is 5.56 Å². The molecule has 0 N–H and O–H groups in total. The molecule has 0 fully saturated rings. The summed E-state index contributed by atoms with van der Waals surface area (Å²) in [5.41, 5.74) is 2.75. The Morgan fingerprint density at radius 1 is 1.53 bits per heavy atom. The summed E-state index contributed by atoms with van der Waals surface area (Å²) in [4.78, 5) is 15.0. The third-order valence-electron chi connectivity index (χ3n) is 1.78. The fraction of sp³-hybridized carbons (Fsp3) is 0.222. The molecule has 0 spiro atoms. The van der Waals surface area contributed by atoms with E-state index in [-0.39, 0.29) is 10.6 Å². The molecule has 0 radical (unpaired) electrons. The van der Waals surface area contributed by atoms with Crippen LogP contribution < -0.4 is 0 Å². The molecule has 1 aromatic carbocycles. The lowest BCUT2D eigenvalue weighted by Crippen LogP contribution is -1.97. The molecule has 0 bridgehead atoms. The Morgan fingerprint density at radius 2 is 2.27 bits per heavy atom. The number of nitrogens with zero attached hydrogens (tertiary/aromatic N) is 2. The van der Waals surface area contributed by atoms with Crippen molar-refractivity contribution in [2.45, 2.75) is 11.4 Å². The number of thioether (sulfide) groups is 1. The summed E-state index contributed by atoms with van der Waals surface area (Å²) in [5.74, 6) is 0. The maximum atomic E-state index is 10.6. The minimum Gasteiger partial charge on any atom is -0.281 e. The molecule has 15 heavy (non-hydrogen) atoms. The van der Waals surface area contributed by atoms with Gasteiger partial charge in [0.25, 0.3) is 5.69 Å². The van der Waals surface area contributed by atoms with E-state index in [2.05, 4.69) is 4.99 Å². The van der Waals surface area contributed by atoms with E-state index in [1.807, 2.05) is 6.07 Å². The molecule has 0 amide bonds. The smallest absolute Gasteiger partial charge is 0.281 e. The average Bonchev–Trinajstić information content (AvgIpc) is 2.31. The van der Waals surface area contributed by atoms with Gasteiger partial charge in [0.15, 0.2) is 0 Å². The fourth-order valence-electron chi connectivity index (χ4n) is 1.20. The highest BCUT2D eigenvalue weighted by atomic mass is 32.2. The number of alkyl halides is 1. The van der Waals surface area contributed by atoms with Gasteiger partial charge >= 0.3 is 0 Å². The van der Waals surface area contributed by atoms with Gasteiger partial charge in [-0.25, -0.2) is 0 Å². The first-order valence-electron chi connectivity index (χ1n) is 4.08. The Labute approximate surface area is 90.4 Å². The molecule has 6 heteroatoms. The molecule has 2 rings (SSSR count). The summed E-state index contributed by atoms with van der Waals surface area (Å²) < 4.78 is 9.50. The average molecular weight is 228 g/mol. The number of nitro groups is 1. The minimum absolute atomic E-state index is 0.175. The summed E-state index contributed by atoms with van der Waals surface area (Å²) in [6.07, 6.45) is 0. The van der Waals surface area contributed by atoms with Crippen LogP contribution in [0.5, 0.6) is 0 Å². The van der Waals surface area contributed by atoms with Crippen LogP contribution in [0.3, 0.4) is 0 Å². The summed E-state index contributed by atoms with van der Waals surface area (Å²) in [6.45, 7) is 0.546. The molecule has 4 nitrogen and oxygen atoms in total. The van der Waals surface area contributed by atoms with Crippen LogP contribution in [0.25, 0.3) is 0 Å². The highest BCUT2D eigenvalue weighted by molar-refractivity contribution is 8.12. The third-order valence-corrected chi connectivity index (χ3v) is 2.74. The van der Waals surface area contributed by atoms with Crippen LogP contribution in [0, 0.1) is 10.1 Å². The topological polar surface area (TPSA) is 55.5 Å². The largest absolute Gasteiger partial charge is 0.283 e. The van der Waals surface area contributed by atoms with Crippen molar-refractivity contribution in [2.75, 3.05) is 7.18 Å². The van der Waals surface area contributed by atoms with Gasteiger partial charge in [-0.3, -0.25) is 19.5 Å². The van der Waals surface area contributed by atoms with Gasteiger partial charge in [0.1, 0.15) is 0 Å². The molecule has 0 saturated heterocycles. The maximum Gasteiger partial charge on any atom is 0.283 e. The SMILES string of the molecule is CF.O=[N+]([O-])c1cccc2c1SC=NC2. The first kappa shape index (κ1) is 11.6. The molecule has 1 aliphatic heterocycles. The summed E-state index contributed by atoms with van der Waals surface area (Å²) in [7, 11) is 0.500. The van der Waals surface area contributed by atoms with Gasteiger partial charge in [-0.15, -0.1) is 0 Å².